The van der Waals surface area contributed by atoms with Crippen molar-refractivity contribution < 1.29 is 9.53 Å². The van der Waals surface area contributed by atoms with Gasteiger partial charge in [-0.05, 0) is 46.2 Å². The maximum Gasteiger partial charge on any atom is 0.226 e. The molecule has 0 spiro atoms. The molecule has 0 bridgehead atoms. The summed E-state index contributed by atoms with van der Waals surface area (Å²) in [6.45, 7) is 8.60. The zero-order valence-corrected chi connectivity index (χ0v) is 14.7. The van der Waals surface area contributed by atoms with Gasteiger partial charge in [-0.3, -0.25) is 4.79 Å². The highest BCUT2D eigenvalue weighted by Crippen LogP contribution is 2.38. The van der Waals surface area contributed by atoms with E-state index in [4.69, 9.17) is 4.74 Å². The van der Waals surface area contributed by atoms with Gasteiger partial charge in [0.15, 0.2) is 0 Å². The Morgan fingerprint density at radius 2 is 2.00 bits per heavy atom. The predicted octanol–water partition coefficient (Wildman–Crippen LogP) is 3.09. The molecule has 5 nitrogen and oxygen atoms in total. The molecule has 1 aromatic heterocycles. The molecule has 2 aromatic rings. The summed E-state index contributed by atoms with van der Waals surface area (Å²) in [5, 5.41) is 7.70. The Morgan fingerprint density at radius 3 is 2.67 bits per heavy atom. The molecular weight excluding hydrogens is 302 g/mol. The van der Waals surface area contributed by atoms with E-state index < -0.39 is 0 Å². The van der Waals surface area contributed by atoms with Crippen molar-refractivity contribution in [1.82, 2.24) is 15.1 Å². The number of aryl methyl sites for hydroxylation is 1. The van der Waals surface area contributed by atoms with Gasteiger partial charge in [0.2, 0.25) is 5.91 Å². The van der Waals surface area contributed by atoms with Crippen LogP contribution < -0.4 is 5.32 Å². The molecule has 1 N–H and O–H groups in total. The minimum atomic E-state index is -0.221. The lowest BCUT2D eigenvalue weighted by molar-refractivity contribution is -0.127. The van der Waals surface area contributed by atoms with Crippen LogP contribution in [-0.4, -0.2) is 28.3 Å². The Balaban J connectivity index is 1.94. The number of amides is 1. The molecule has 128 valence electrons. The Labute approximate surface area is 143 Å². The van der Waals surface area contributed by atoms with Crippen LogP contribution >= 0.6 is 0 Å². The van der Waals surface area contributed by atoms with E-state index in [0.29, 0.717) is 6.61 Å². The molecule has 0 radical (unpaired) electrons. The average Bonchev–Trinajstić information content (AvgIpc) is 3.12. The van der Waals surface area contributed by atoms with Crippen LogP contribution in [0.5, 0.6) is 0 Å². The van der Waals surface area contributed by atoms with Gasteiger partial charge >= 0.3 is 0 Å². The van der Waals surface area contributed by atoms with Crippen LogP contribution in [0.15, 0.2) is 30.3 Å². The summed E-state index contributed by atoms with van der Waals surface area (Å²) < 4.78 is 7.89. The van der Waals surface area contributed by atoms with E-state index in [-0.39, 0.29) is 24.0 Å². The van der Waals surface area contributed by atoms with Crippen LogP contribution in [0.3, 0.4) is 0 Å². The average molecular weight is 327 g/mol. The lowest BCUT2D eigenvalue weighted by Gasteiger charge is -2.20. The molecule has 24 heavy (non-hydrogen) atoms. The highest BCUT2D eigenvalue weighted by Gasteiger charge is 2.38. The number of carbonyl (C=O) groups is 1. The molecule has 2 heterocycles. The number of benzene rings is 1. The first-order valence-electron chi connectivity index (χ1n) is 8.52. The molecule has 2 atom stereocenters. The molecule has 0 saturated carbocycles. The van der Waals surface area contributed by atoms with Crippen molar-refractivity contribution in [2.75, 3.05) is 6.61 Å². The molecule has 1 fully saturated rings. The molecule has 1 aliphatic rings. The minimum Gasteiger partial charge on any atom is -0.373 e. The fourth-order valence-corrected chi connectivity index (χ4v) is 3.42. The molecule has 1 saturated heterocycles. The Hall–Kier alpha value is -2.14. The van der Waals surface area contributed by atoms with Crippen molar-refractivity contribution in [2.45, 2.75) is 46.3 Å². The topological polar surface area (TPSA) is 56.2 Å². The van der Waals surface area contributed by atoms with Gasteiger partial charge in [0.25, 0.3) is 0 Å². The maximum absolute atomic E-state index is 12.5. The van der Waals surface area contributed by atoms with Crippen LogP contribution in [0, 0.1) is 19.8 Å². The lowest BCUT2D eigenvalue weighted by atomic mass is 9.93. The van der Waals surface area contributed by atoms with Gasteiger partial charge in [0, 0.05) is 23.9 Å². The molecule has 5 heteroatoms. The predicted molar refractivity (Wildman–Crippen MR) is 93.1 cm³/mol. The molecular formula is C19H25N3O2. The molecule has 1 amide bonds. The summed E-state index contributed by atoms with van der Waals surface area (Å²) in [5.74, 6) is -0.0861. The molecule has 0 aliphatic carbocycles. The smallest absolute Gasteiger partial charge is 0.226 e. The van der Waals surface area contributed by atoms with Crippen molar-refractivity contribution in [3.05, 3.63) is 47.3 Å². The first-order valence-corrected chi connectivity index (χ1v) is 8.52. The van der Waals surface area contributed by atoms with Crippen molar-refractivity contribution >= 4 is 5.91 Å². The van der Waals surface area contributed by atoms with Gasteiger partial charge in [-0.25, -0.2) is 4.68 Å². The van der Waals surface area contributed by atoms with Gasteiger partial charge < -0.3 is 10.1 Å². The summed E-state index contributed by atoms with van der Waals surface area (Å²) in [6, 6.07) is 10.2. The number of nitrogens with one attached hydrogen (secondary N) is 1. The van der Waals surface area contributed by atoms with Gasteiger partial charge in [-0.1, -0.05) is 18.2 Å². The molecule has 1 aromatic carbocycles. The second kappa shape index (κ2) is 6.77. The minimum absolute atomic E-state index is 0.0683. The third-order valence-corrected chi connectivity index (χ3v) is 4.49. The monoisotopic (exact) mass is 327 g/mol. The van der Waals surface area contributed by atoms with Crippen molar-refractivity contribution in [1.29, 1.82) is 0 Å². The third-order valence-electron chi connectivity index (χ3n) is 4.49. The zero-order valence-electron chi connectivity index (χ0n) is 14.7. The number of hydrogen-bond donors (Lipinski definition) is 1. The number of hydrogen-bond acceptors (Lipinski definition) is 3. The second-order valence-electron chi connectivity index (χ2n) is 6.68. The zero-order chi connectivity index (χ0) is 17.3. The van der Waals surface area contributed by atoms with E-state index in [1.807, 2.05) is 62.7 Å². The quantitative estimate of drug-likeness (QED) is 0.939. The Kier molecular flexibility index (Phi) is 4.71. The summed E-state index contributed by atoms with van der Waals surface area (Å²) >= 11 is 0. The van der Waals surface area contributed by atoms with Gasteiger partial charge in [0.05, 0.1) is 23.4 Å². The molecule has 3 rings (SSSR count). The van der Waals surface area contributed by atoms with Crippen LogP contribution in [0.25, 0.3) is 5.69 Å². The molecule has 1 aliphatic heterocycles. The van der Waals surface area contributed by atoms with Crippen molar-refractivity contribution in [3.8, 4) is 5.69 Å². The Morgan fingerprint density at radius 1 is 1.29 bits per heavy atom. The summed E-state index contributed by atoms with van der Waals surface area (Å²) in [6.07, 6.45) is 0.528. The SMILES string of the molecule is Cc1nn(-c2ccccc2)c(C)c1[C@H]1OCC[C@@H]1C(=O)NC(C)C. The van der Waals surface area contributed by atoms with E-state index in [2.05, 4.69) is 10.4 Å². The fourth-order valence-electron chi connectivity index (χ4n) is 3.42. The van der Waals surface area contributed by atoms with Crippen molar-refractivity contribution in [2.24, 2.45) is 5.92 Å². The van der Waals surface area contributed by atoms with E-state index >= 15 is 0 Å². The number of aromatic nitrogens is 2. The fraction of sp³-hybridized carbons (Fsp3) is 0.474. The van der Waals surface area contributed by atoms with Gasteiger partial charge in [-0.15, -0.1) is 0 Å². The van der Waals surface area contributed by atoms with E-state index in [9.17, 15) is 4.79 Å². The van der Waals surface area contributed by atoms with Crippen LogP contribution in [-0.2, 0) is 9.53 Å². The summed E-state index contributed by atoms with van der Waals surface area (Å²) in [5.41, 5.74) is 4.02. The highest BCUT2D eigenvalue weighted by molar-refractivity contribution is 5.80. The summed E-state index contributed by atoms with van der Waals surface area (Å²) in [4.78, 5) is 12.5. The van der Waals surface area contributed by atoms with Crippen LogP contribution in [0.1, 0.15) is 43.3 Å². The van der Waals surface area contributed by atoms with E-state index in [1.165, 1.54) is 0 Å². The number of nitrogens with zero attached hydrogens (tertiary/aromatic N) is 2. The number of ether oxygens (including phenoxy) is 1. The number of para-hydroxylation sites is 1. The lowest BCUT2D eigenvalue weighted by Crippen LogP contribution is -2.36. The van der Waals surface area contributed by atoms with Crippen LogP contribution in [0.2, 0.25) is 0 Å². The first kappa shape index (κ1) is 16.7. The van der Waals surface area contributed by atoms with E-state index in [0.717, 1.165) is 29.1 Å². The maximum atomic E-state index is 12.5. The number of carbonyl (C=O) groups excluding carboxylic acids is 1. The van der Waals surface area contributed by atoms with Crippen LogP contribution in [0.4, 0.5) is 0 Å². The summed E-state index contributed by atoms with van der Waals surface area (Å²) in [7, 11) is 0. The second-order valence-corrected chi connectivity index (χ2v) is 6.68. The number of rotatable bonds is 4. The van der Waals surface area contributed by atoms with Crippen molar-refractivity contribution in [3.63, 3.8) is 0 Å². The third kappa shape index (κ3) is 3.08. The first-order chi connectivity index (χ1) is 11.5. The molecule has 0 unspecified atom stereocenters. The normalized spacial score (nSPS) is 20.5. The Bertz CT molecular complexity index is 722. The standard InChI is InChI=1S/C19H25N3O2/c1-12(2)20-19(23)16-10-11-24-18(16)17-13(3)21-22(14(17)4)15-8-6-5-7-9-15/h5-9,12,16,18H,10-11H2,1-4H3,(H,20,23)/t16-,18-/m0/s1. The largest absolute Gasteiger partial charge is 0.373 e. The van der Waals surface area contributed by atoms with Gasteiger partial charge in [-0.2, -0.15) is 5.10 Å². The van der Waals surface area contributed by atoms with E-state index in [1.54, 1.807) is 0 Å². The highest BCUT2D eigenvalue weighted by atomic mass is 16.5. The van der Waals surface area contributed by atoms with Gasteiger partial charge in [0.1, 0.15) is 0 Å².